The summed E-state index contributed by atoms with van der Waals surface area (Å²) >= 11 is 6.20. The lowest BCUT2D eigenvalue weighted by Crippen LogP contribution is -2.58. The Balaban J connectivity index is 1.36. The number of hydrogen-bond acceptors (Lipinski definition) is 6. The Hall–Kier alpha value is -1.50. The highest BCUT2D eigenvalue weighted by atomic mass is 35.5. The Morgan fingerprint density at radius 1 is 1.22 bits per heavy atom. The number of nitrogens with zero attached hydrogens (tertiary/aromatic N) is 3. The molecule has 204 valence electrons. The first-order valence-electron chi connectivity index (χ1n) is 14.1. The fourth-order valence-corrected chi connectivity index (χ4v) is 9.69. The van der Waals surface area contributed by atoms with Crippen LogP contribution in [0.15, 0.2) is 17.4 Å². The fourth-order valence-electron chi connectivity index (χ4n) is 9.54. The van der Waals surface area contributed by atoms with Crippen LogP contribution in [0, 0.1) is 47.3 Å². The SMILES string of the molecule is C=NN(CC(=O)[C@H]1CC[C@H]2[C@@H]3CC[C@H]4C[C@](C)(O)CC[C@]4(COC)[C@H]3CC[C@]12C)c1cc(Cl)cnc1C. The van der Waals surface area contributed by atoms with Crippen molar-refractivity contribution in [2.75, 3.05) is 25.3 Å². The van der Waals surface area contributed by atoms with Crippen LogP contribution in [0.3, 0.4) is 0 Å². The number of methoxy groups -OCH3 is 1. The van der Waals surface area contributed by atoms with Gasteiger partial charge in [-0.3, -0.25) is 14.8 Å². The van der Waals surface area contributed by atoms with Crippen LogP contribution >= 0.6 is 11.6 Å². The van der Waals surface area contributed by atoms with Gasteiger partial charge >= 0.3 is 0 Å². The van der Waals surface area contributed by atoms with E-state index in [1.807, 2.05) is 27.0 Å². The largest absolute Gasteiger partial charge is 0.390 e. The molecular formula is C30H44ClN3O3. The number of hydrazone groups is 1. The summed E-state index contributed by atoms with van der Waals surface area (Å²) in [6, 6.07) is 1.81. The molecule has 0 radical (unpaired) electrons. The van der Waals surface area contributed by atoms with E-state index < -0.39 is 5.60 Å². The molecule has 0 amide bonds. The zero-order valence-electron chi connectivity index (χ0n) is 23.0. The van der Waals surface area contributed by atoms with Crippen molar-refractivity contribution in [3.8, 4) is 0 Å². The monoisotopic (exact) mass is 529 g/mol. The first-order chi connectivity index (χ1) is 17.5. The van der Waals surface area contributed by atoms with Gasteiger partial charge in [0.05, 0.1) is 28.6 Å². The molecule has 0 spiro atoms. The number of ketones is 1. The molecule has 0 aromatic carbocycles. The normalized spacial score (nSPS) is 40.9. The molecule has 4 aliphatic carbocycles. The van der Waals surface area contributed by atoms with Crippen LogP contribution in [-0.4, -0.2) is 48.5 Å². The molecule has 4 saturated carbocycles. The Morgan fingerprint density at radius 3 is 2.73 bits per heavy atom. The van der Waals surface area contributed by atoms with Crippen molar-refractivity contribution in [1.29, 1.82) is 0 Å². The molecule has 1 aromatic rings. The van der Waals surface area contributed by atoms with Gasteiger partial charge in [0.15, 0.2) is 5.78 Å². The lowest BCUT2D eigenvalue weighted by atomic mass is 9.43. The maximum Gasteiger partial charge on any atom is 0.157 e. The zero-order chi connectivity index (χ0) is 26.6. The molecule has 6 nitrogen and oxygen atoms in total. The number of carbonyl (C=O) groups excluding carboxylic acids is 1. The van der Waals surface area contributed by atoms with E-state index in [9.17, 15) is 9.90 Å². The zero-order valence-corrected chi connectivity index (χ0v) is 23.8. The number of Topliss-reactive ketones (excluding diaryl/α,β-unsaturated/α-hetero) is 1. The Labute approximate surface area is 227 Å². The molecule has 1 aromatic heterocycles. The highest BCUT2D eigenvalue weighted by molar-refractivity contribution is 6.30. The van der Waals surface area contributed by atoms with Crippen molar-refractivity contribution in [2.24, 2.45) is 45.5 Å². The molecule has 1 heterocycles. The number of aromatic nitrogens is 1. The molecule has 0 unspecified atom stereocenters. The standard InChI is InChI=1S/C30H44ClN3O3/c1-19-26(14-21(31)16-33-19)34(32-4)17-27(35)25-9-8-23-22-7-6-20-15-28(2,36)12-13-30(20,18-37-5)24(22)10-11-29(23,25)3/h14,16,20,22-25,36H,4,6-13,15,17-18H2,1-3,5H3/t20-,22-,23-,24-,25+,28+,29-,30+/m0/s1. The van der Waals surface area contributed by atoms with Crippen LogP contribution in [0.4, 0.5) is 5.69 Å². The molecule has 0 saturated heterocycles. The van der Waals surface area contributed by atoms with E-state index in [1.54, 1.807) is 11.2 Å². The van der Waals surface area contributed by atoms with Crippen molar-refractivity contribution in [3.63, 3.8) is 0 Å². The van der Waals surface area contributed by atoms with Crippen LogP contribution in [0.2, 0.25) is 5.02 Å². The smallest absolute Gasteiger partial charge is 0.157 e. The predicted octanol–water partition coefficient (Wildman–Crippen LogP) is 6.07. The summed E-state index contributed by atoms with van der Waals surface area (Å²) in [6.07, 6.45) is 11.1. The van der Waals surface area contributed by atoms with E-state index in [0.29, 0.717) is 28.7 Å². The van der Waals surface area contributed by atoms with Gasteiger partial charge in [0.1, 0.15) is 6.54 Å². The van der Waals surface area contributed by atoms with Gasteiger partial charge in [-0.1, -0.05) is 18.5 Å². The molecule has 0 aliphatic heterocycles. The van der Waals surface area contributed by atoms with E-state index >= 15 is 0 Å². The average Bonchev–Trinajstić information content (AvgIpc) is 3.21. The van der Waals surface area contributed by atoms with Crippen molar-refractivity contribution in [1.82, 2.24) is 4.98 Å². The van der Waals surface area contributed by atoms with Crippen molar-refractivity contribution in [2.45, 2.75) is 84.2 Å². The number of rotatable bonds is 7. The number of hydrogen-bond donors (Lipinski definition) is 1. The van der Waals surface area contributed by atoms with Gasteiger partial charge < -0.3 is 9.84 Å². The van der Waals surface area contributed by atoms with E-state index in [-0.39, 0.29) is 29.1 Å². The number of pyridine rings is 1. The Morgan fingerprint density at radius 2 is 2.00 bits per heavy atom. The third kappa shape index (κ3) is 4.55. The van der Waals surface area contributed by atoms with Crippen LogP contribution < -0.4 is 5.01 Å². The summed E-state index contributed by atoms with van der Waals surface area (Å²) in [5.74, 6) is 2.65. The van der Waals surface area contributed by atoms with Crippen molar-refractivity contribution >= 4 is 29.8 Å². The van der Waals surface area contributed by atoms with Crippen LogP contribution in [0.1, 0.15) is 77.3 Å². The lowest BCUT2D eigenvalue weighted by Gasteiger charge is -2.62. The van der Waals surface area contributed by atoms with Crippen molar-refractivity contribution in [3.05, 3.63) is 23.0 Å². The van der Waals surface area contributed by atoms with Crippen LogP contribution in [0.25, 0.3) is 0 Å². The fraction of sp³-hybridized carbons (Fsp3) is 0.767. The molecule has 37 heavy (non-hydrogen) atoms. The number of carbonyl (C=O) groups is 1. The summed E-state index contributed by atoms with van der Waals surface area (Å²) in [5.41, 5.74) is 1.17. The van der Waals surface area contributed by atoms with Gasteiger partial charge in [-0.15, -0.1) is 0 Å². The molecule has 5 rings (SSSR count). The molecule has 8 atom stereocenters. The molecule has 4 aliphatic rings. The maximum absolute atomic E-state index is 13.8. The molecule has 1 N–H and O–H groups in total. The molecular weight excluding hydrogens is 486 g/mol. The van der Waals surface area contributed by atoms with E-state index in [4.69, 9.17) is 16.3 Å². The molecule has 4 fully saturated rings. The summed E-state index contributed by atoms with van der Waals surface area (Å²) in [6.45, 7) is 11.1. The number of anilines is 1. The summed E-state index contributed by atoms with van der Waals surface area (Å²) < 4.78 is 5.90. The average molecular weight is 530 g/mol. The third-order valence-corrected chi connectivity index (χ3v) is 11.4. The van der Waals surface area contributed by atoms with E-state index in [1.165, 1.54) is 12.8 Å². The van der Waals surface area contributed by atoms with Gasteiger partial charge in [0.2, 0.25) is 0 Å². The summed E-state index contributed by atoms with van der Waals surface area (Å²) in [5, 5.41) is 17.3. The minimum Gasteiger partial charge on any atom is -0.390 e. The van der Waals surface area contributed by atoms with Gasteiger partial charge in [-0.25, -0.2) is 0 Å². The number of aliphatic hydroxyl groups is 1. The van der Waals surface area contributed by atoms with E-state index in [0.717, 1.165) is 62.9 Å². The number of ether oxygens (including phenoxy) is 1. The third-order valence-electron chi connectivity index (χ3n) is 11.2. The summed E-state index contributed by atoms with van der Waals surface area (Å²) in [7, 11) is 1.84. The quantitative estimate of drug-likeness (QED) is 0.342. The summed E-state index contributed by atoms with van der Waals surface area (Å²) in [4.78, 5) is 18.2. The lowest BCUT2D eigenvalue weighted by molar-refractivity contribution is -0.175. The Bertz CT molecular complexity index is 1050. The van der Waals surface area contributed by atoms with E-state index in [2.05, 4.69) is 23.7 Å². The van der Waals surface area contributed by atoms with Crippen LogP contribution in [-0.2, 0) is 9.53 Å². The second kappa shape index (κ2) is 9.91. The maximum atomic E-state index is 13.8. The first kappa shape index (κ1) is 27.1. The van der Waals surface area contributed by atoms with Gasteiger partial charge in [-0.05, 0) is 112 Å². The van der Waals surface area contributed by atoms with Gasteiger partial charge in [0, 0.05) is 25.9 Å². The minimum absolute atomic E-state index is 0.0218. The van der Waals surface area contributed by atoms with Gasteiger partial charge in [-0.2, -0.15) is 5.10 Å². The van der Waals surface area contributed by atoms with Crippen molar-refractivity contribution < 1.29 is 14.6 Å². The first-order valence-corrected chi connectivity index (χ1v) is 14.5. The number of halogens is 1. The Kier molecular flexibility index (Phi) is 7.25. The van der Waals surface area contributed by atoms with Gasteiger partial charge in [0.25, 0.3) is 0 Å². The minimum atomic E-state index is -0.551. The molecule has 0 bridgehead atoms. The second-order valence-electron chi connectivity index (χ2n) is 13.1. The van der Waals surface area contributed by atoms with Crippen LogP contribution in [0.5, 0.6) is 0 Å². The highest BCUT2D eigenvalue weighted by Crippen LogP contribution is 2.68. The highest BCUT2D eigenvalue weighted by Gasteiger charge is 2.63. The number of fused-ring (bicyclic) bond motifs is 5. The topological polar surface area (TPSA) is 75.0 Å². The predicted molar refractivity (Wildman–Crippen MR) is 148 cm³/mol. The molecule has 7 heteroatoms. The number of aryl methyl sites for hydroxylation is 1. The second-order valence-corrected chi connectivity index (χ2v) is 13.6.